The fraction of sp³-hybridized carbons (Fsp3) is 0.500. The van der Waals surface area contributed by atoms with E-state index >= 15 is 0 Å². The van der Waals surface area contributed by atoms with Gasteiger partial charge in [0.1, 0.15) is 5.75 Å². The second-order valence-corrected chi connectivity index (χ2v) is 5.80. The van der Waals surface area contributed by atoms with Crippen molar-refractivity contribution in [1.82, 2.24) is 4.90 Å². The Hall–Kier alpha value is -2.25. The van der Waals surface area contributed by atoms with E-state index < -0.39 is 12.3 Å². The smallest absolute Gasteiger partial charge is 0.406 e. The Morgan fingerprint density at radius 2 is 1.79 bits per heavy atom. The summed E-state index contributed by atoms with van der Waals surface area (Å²) in [6.45, 7) is 3.88. The van der Waals surface area contributed by atoms with Crippen LogP contribution in [0.2, 0.25) is 0 Å². The van der Waals surface area contributed by atoms with Crippen LogP contribution in [-0.2, 0) is 9.59 Å². The average molecular weight is 346 g/mol. The number of hydrogen-bond donors (Lipinski definition) is 1. The summed E-state index contributed by atoms with van der Waals surface area (Å²) in [6, 6.07) is 4.78. The molecule has 0 atom stereocenters. The van der Waals surface area contributed by atoms with Crippen molar-refractivity contribution in [3.05, 3.63) is 24.3 Å². The Balaban J connectivity index is 2.48. The van der Waals surface area contributed by atoms with Gasteiger partial charge in [-0.25, -0.2) is 0 Å². The molecule has 0 aliphatic carbocycles. The van der Waals surface area contributed by atoms with Crippen LogP contribution in [-0.4, -0.2) is 36.7 Å². The van der Waals surface area contributed by atoms with Crippen molar-refractivity contribution < 1.29 is 27.5 Å². The van der Waals surface area contributed by atoms with E-state index in [1.165, 1.54) is 24.1 Å². The first kappa shape index (κ1) is 19.8. The van der Waals surface area contributed by atoms with Gasteiger partial charge in [0.2, 0.25) is 11.8 Å². The maximum Gasteiger partial charge on any atom is 0.573 e. The topological polar surface area (TPSA) is 58.6 Å². The molecule has 5 nitrogen and oxygen atoms in total. The summed E-state index contributed by atoms with van der Waals surface area (Å²) in [5.41, 5.74) is 0.317. The van der Waals surface area contributed by atoms with Crippen LogP contribution in [0.25, 0.3) is 0 Å². The van der Waals surface area contributed by atoms with Gasteiger partial charge in [-0.05, 0) is 36.6 Å². The Morgan fingerprint density at radius 1 is 1.21 bits per heavy atom. The number of likely N-dealkylation sites (N-methyl/N-ethyl adjacent to an activating group) is 1. The molecule has 0 aromatic heterocycles. The number of anilines is 1. The van der Waals surface area contributed by atoms with E-state index in [4.69, 9.17) is 0 Å². The predicted molar refractivity (Wildman–Crippen MR) is 83.5 cm³/mol. The number of nitrogens with one attached hydrogen (secondary N) is 1. The molecule has 0 radical (unpaired) electrons. The minimum absolute atomic E-state index is 0.127. The van der Waals surface area contributed by atoms with Crippen molar-refractivity contribution in [2.24, 2.45) is 5.92 Å². The Kier molecular flexibility index (Phi) is 7.06. The minimum Gasteiger partial charge on any atom is -0.406 e. The molecular weight excluding hydrogens is 325 g/mol. The lowest BCUT2D eigenvalue weighted by atomic mass is 10.1. The van der Waals surface area contributed by atoms with Gasteiger partial charge in [0.05, 0.1) is 6.54 Å². The number of ether oxygens (including phenoxy) is 1. The van der Waals surface area contributed by atoms with E-state index in [0.29, 0.717) is 18.0 Å². The highest BCUT2D eigenvalue weighted by Gasteiger charge is 2.30. The second-order valence-electron chi connectivity index (χ2n) is 5.80. The number of rotatable bonds is 7. The lowest BCUT2D eigenvalue weighted by Gasteiger charge is -2.17. The van der Waals surface area contributed by atoms with Gasteiger partial charge in [-0.1, -0.05) is 13.8 Å². The highest BCUT2D eigenvalue weighted by Crippen LogP contribution is 2.23. The number of alkyl halides is 3. The summed E-state index contributed by atoms with van der Waals surface area (Å²) < 4.78 is 39.9. The first-order valence-corrected chi connectivity index (χ1v) is 7.46. The fourth-order valence-electron chi connectivity index (χ4n) is 1.85. The normalized spacial score (nSPS) is 11.3. The summed E-state index contributed by atoms with van der Waals surface area (Å²) in [7, 11) is 1.53. The molecule has 1 aromatic carbocycles. The van der Waals surface area contributed by atoms with E-state index in [2.05, 4.69) is 10.1 Å². The fourth-order valence-corrected chi connectivity index (χ4v) is 1.85. The predicted octanol–water partition coefficient (Wildman–Crippen LogP) is 3.42. The molecule has 0 aliphatic rings. The van der Waals surface area contributed by atoms with Gasteiger partial charge >= 0.3 is 6.36 Å². The van der Waals surface area contributed by atoms with Gasteiger partial charge in [0.25, 0.3) is 0 Å². The van der Waals surface area contributed by atoms with Gasteiger partial charge in [-0.2, -0.15) is 0 Å². The van der Waals surface area contributed by atoms with Gasteiger partial charge in [0, 0.05) is 19.2 Å². The lowest BCUT2D eigenvalue weighted by Crippen LogP contribution is -2.34. The SMILES string of the molecule is CC(C)CCC(=O)N(C)CC(=O)Nc1ccc(OC(F)(F)F)cc1. The molecule has 24 heavy (non-hydrogen) atoms. The molecule has 0 unspecified atom stereocenters. The van der Waals surface area contributed by atoms with Gasteiger partial charge in [-0.3, -0.25) is 9.59 Å². The summed E-state index contributed by atoms with van der Waals surface area (Å²) in [6.07, 6.45) is -3.65. The quantitative estimate of drug-likeness (QED) is 0.823. The van der Waals surface area contributed by atoms with E-state index in [1.54, 1.807) is 0 Å². The van der Waals surface area contributed by atoms with E-state index in [9.17, 15) is 22.8 Å². The summed E-state index contributed by atoms with van der Waals surface area (Å²) in [5, 5.41) is 2.51. The third-order valence-electron chi connectivity index (χ3n) is 3.11. The van der Waals surface area contributed by atoms with Crippen LogP contribution < -0.4 is 10.1 Å². The Bertz CT molecular complexity index is 557. The largest absolute Gasteiger partial charge is 0.573 e. The molecule has 0 saturated heterocycles. The van der Waals surface area contributed by atoms with Crippen molar-refractivity contribution >= 4 is 17.5 Å². The number of benzene rings is 1. The van der Waals surface area contributed by atoms with Gasteiger partial charge < -0.3 is 15.0 Å². The monoisotopic (exact) mass is 346 g/mol. The maximum absolute atomic E-state index is 12.1. The van der Waals surface area contributed by atoms with Crippen LogP contribution in [0.15, 0.2) is 24.3 Å². The molecule has 8 heteroatoms. The van der Waals surface area contributed by atoms with Crippen molar-refractivity contribution in [2.75, 3.05) is 18.9 Å². The molecular formula is C16H21F3N2O3. The maximum atomic E-state index is 12.1. The first-order chi connectivity index (χ1) is 11.1. The molecule has 1 aromatic rings. The van der Waals surface area contributed by atoms with Crippen LogP contribution in [0.4, 0.5) is 18.9 Å². The standard InChI is InChI=1S/C16H21F3N2O3/c1-11(2)4-9-15(23)21(3)10-14(22)20-12-5-7-13(8-6-12)24-16(17,18)19/h5-8,11H,4,9-10H2,1-3H3,(H,20,22). The number of amides is 2. The van der Waals surface area contributed by atoms with Crippen molar-refractivity contribution in [1.29, 1.82) is 0 Å². The van der Waals surface area contributed by atoms with Crippen molar-refractivity contribution in [3.8, 4) is 5.75 Å². The van der Waals surface area contributed by atoms with Gasteiger partial charge in [0.15, 0.2) is 0 Å². The lowest BCUT2D eigenvalue weighted by molar-refractivity contribution is -0.274. The third-order valence-corrected chi connectivity index (χ3v) is 3.11. The highest BCUT2D eigenvalue weighted by atomic mass is 19.4. The zero-order valence-electron chi connectivity index (χ0n) is 13.8. The third kappa shape index (κ3) is 7.85. The van der Waals surface area contributed by atoms with E-state index in [1.807, 2.05) is 13.8 Å². The molecule has 134 valence electrons. The molecule has 2 amide bonds. The van der Waals surface area contributed by atoms with Crippen molar-refractivity contribution in [2.45, 2.75) is 33.1 Å². The van der Waals surface area contributed by atoms with Crippen LogP contribution in [0.5, 0.6) is 5.75 Å². The van der Waals surface area contributed by atoms with E-state index in [-0.39, 0.29) is 18.2 Å². The summed E-state index contributed by atoms with van der Waals surface area (Å²) >= 11 is 0. The zero-order chi connectivity index (χ0) is 18.3. The molecule has 0 saturated carbocycles. The second kappa shape index (κ2) is 8.56. The first-order valence-electron chi connectivity index (χ1n) is 7.46. The number of hydrogen-bond acceptors (Lipinski definition) is 3. The molecule has 1 N–H and O–H groups in total. The van der Waals surface area contributed by atoms with Crippen LogP contribution in [0.1, 0.15) is 26.7 Å². The number of nitrogens with zero attached hydrogens (tertiary/aromatic N) is 1. The number of halogens is 3. The molecule has 0 fully saturated rings. The Labute approximate surface area is 138 Å². The van der Waals surface area contributed by atoms with Crippen molar-refractivity contribution in [3.63, 3.8) is 0 Å². The molecule has 1 rings (SSSR count). The molecule has 0 spiro atoms. The van der Waals surface area contributed by atoms with Crippen LogP contribution in [0.3, 0.4) is 0 Å². The molecule has 0 aliphatic heterocycles. The number of carbonyl (C=O) groups is 2. The minimum atomic E-state index is -4.76. The highest BCUT2D eigenvalue weighted by molar-refractivity contribution is 5.94. The zero-order valence-corrected chi connectivity index (χ0v) is 13.8. The average Bonchev–Trinajstić information content (AvgIpc) is 2.45. The number of carbonyl (C=O) groups excluding carboxylic acids is 2. The van der Waals surface area contributed by atoms with Crippen LogP contribution >= 0.6 is 0 Å². The Morgan fingerprint density at radius 3 is 2.29 bits per heavy atom. The summed E-state index contributed by atoms with van der Waals surface area (Å²) in [4.78, 5) is 25.0. The summed E-state index contributed by atoms with van der Waals surface area (Å²) in [5.74, 6) is -0.539. The molecule has 0 heterocycles. The molecule has 0 bridgehead atoms. The van der Waals surface area contributed by atoms with Gasteiger partial charge in [-0.15, -0.1) is 13.2 Å². The van der Waals surface area contributed by atoms with E-state index in [0.717, 1.165) is 18.6 Å². The van der Waals surface area contributed by atoms with Crippen LogP contribution in [0, 0.1) is 5.92 Å².